The van der Waals surface area contributed by atoms with Crippen molar-refractivity contribution in [1.82, 2.24) is 9.13 Å². The van der Waals surface area contributed by atoms with Gasteiger partial charge in [0.05, 0.1) is 6.04 Å². The minimum atomic E-state index is -0.684. The molecule has 128 valence electrons. The van der Waals surface area contributed by atoms with Crippen molar-refractivity contribution < 1.29 is 4.79 Å². The van der Waals surface area contributed by atoms with Gasteiger partial charge in [-0.3, -0.25) is 18.7 Å². The van der Waals surface area contributed by atoms with E-state index in [1.807, 2.05) is 31.2 Å². The monoisotopic (exact) mass is 330 g/mol. The minimum absolute atomic E-state index is 0.121. The number of nitrogens with zero attached hydrogens (tertiary/aromatic N) is 2. The van der Waals surface area contributed by atoms with Gasteiger partial charge in [-0.25, -0.2) is 4.79 Å². The molecular weight excluding hydrogens is 308 g/mol. The van der Waals surface area contributed by atoms with Crippen LogP contribution in [0.5, 0.6) is 0 Å². The first kappa shape index (κ1) is 17.5. The summed E-state index contributed by atoms with van der Waals surface area (Å²) in [5, 5.41) is 3.08. The predicted octanol–water partition coefficient (Wildman–Crippen LogP) is 0.912. The fourth-order valence-corrected chi connectivity index (χ4v) is 2.50. The average molecular weight is 330 g/mol. The molecule has 3 N–H and O–H groups in total. The van der Waals surface area contributed by atoms with Crippen molar-refractivity contribution in [2.45, 2.75) is 26.3 Å². The van der Waals surface area contributed by atoms with E-state index < -0.39 is 23.1 Å². The van der Waals surface area contributed by atoms with Gasteiger partial charge >= 0.3 is 5.69 Å². The fraction of sp³-hybridized carbons (Fsp3) is 0.353. The SMILES string of the molecule is CCc1cccc(NC(C)C(=O)c2c(N)n(C)c(=O)n(C)c2=O)c1. The van der Waals surface area contributed by atoms with Crippen LogP contribution in [-0.2, 0) is 20.5 Å². The lowest BCUT2D eigenvalue weighted by Crippen LogP contribution is -2.43. The Kier molecular flexibility index (Phi) is 4.92. The first-order valence-corrected chi connectivity index (χ1v) is 7.73. The third-order valence-corrected chi connectivity index (χ3v) is 4.07. The van der Waals surface area contributed by atoms with Crippen LogP contribution in [0, 0.1) is 0 Å². The van der Waals surface area contributed by atoms with E-state index in [4.69, 9.17) is 5.73 Å². The highest BCUT2D eigenvalue weighted by molar-refractivity contribution is 6.04. The molecule has 0 spiro atoms. The lowest BCUT2D eigenvalue weighted by atomic mass is 10.1. The second-order valence-corrected chi connectivity index (χ2v) is 5.75. The molecule has 1 aromatic carbocycles. The van der Waals surface area contributed by atoms with Gasteiger partial charge in [0.15, 0.2) is 5.78 Å². The topological polar surface area (TPSA) is 99.1 Å². The van der Waals surface area contributed by atoms with Gasteiger partial charge in [0, 0.05) is 19.8 Å². The van der Waals surface area contributed by atoms with Crippen molar-refractivity contribution in [3.63, 3.8) is 0 Å². The molecule has 0 radical (unpaired) electrons. The van der Waals surface area contributed by atoms with Crippen molar-refractivity contribution in [2.24, 2.45) is 14.1 Å². The van der Waals surface area contributed by atoms with E-state index >= 15 is 0 Å². The summed E-state index contributed by atoms with van der Waals surface area (Å²) in [6.07, 6.45) is 0.881. The van der Waals surface area contributed by atoms with Crippen molar-refractivity contribution >= 4 is 17.3 Å². The fourth-order valence-electron chi connectivity index (χ4n) is 2.50. The standard InChI is InChI=1S/C17H22N4O3/c1-5-11-7-6-8-12(9-11)19-10(2)14(22)13-15(18)20(3)17(24)21(4)16(13)23/h6-10,19H,5,18H2,1-4H3. The minimum Gasteiger partial charge on any atom is -0.384 e. The van der Waals surface area contributed by atoms with E-state index in [2.05, 4.69) is 5.32 Å². The zero-order valence-electron chi connectivity index (χ0n) is 14.3. The number of nitrogens with one attached hydrogen (secondary N) is 1. The van der Waals surface area contributed by atoms with Gasteiger partial charge < -0.3 is 11.1 Å². The molecule has 1 heterocycles. The lowest BCUT2D eigenvalue weighted by molar-refractivity contribution is 0.0973. The first-order valence-electron chi connectivity index (χ1n) is 7.73. The van der Waals surface area contributed by atoms with Crippen molar-refractivity contribution in [1.29, 1.82) is 0 Å². The van der Waals surface area contributed by atoms with Gasteiger partial charge in [-0.1, -0.05) is 19.1 Å². The van der Waals surface area contributed by atoms with Crippen molar-refractivity contribution in [2.75, 3.05) is 11.1 Å². The third kappa shape index (κ3) is 3.10. The smallest absolute Gasteiger partial charge is 0.332 e. The number of hydrogen-bond donors (Lipinski definition) is 2. The molecule has 2 aromatic rings. The van der Waals surface area contributed by atoms with Crippen LogP contribution in [-0.4, -0.2) is 21.0 Å². The normalized spacial score (nSPS) is 12.0. The number of rotatable bonds is 5. The van der Waals surface area contributed by atoms with Gasteiger partial charge in [0.1, 0.15) is 11.4 Å². The molecular formula is C17H22N4O3. The molecule has 0 bridgehead atoms. The molecule has 0 aliphatic heterocycles. The number of nitrogens with two attached hydrogens (primary N) is 1. The summed E-state index contributed by atoms with van der Waals surface area (Å²) in [4.78, 5) is 36.8. The molecule has 1 atom stereocenters. The van der Waals surface area contributed by atoms with E-state index in [-0.39, 0.29) is 11.4 Å². The molecule has 0 aliphatic rings. The summed E-state index contributed by atoms with van der Waals surface area (Å²) in [7, 11) is 2.75. The van der Waals surface area contributed by atoms with Crippen LogP contribution in [0.1, 0.15) is 29.8 Å². The number of carbonyl (C=O) groups excluding carboxylic acids is 1. The Morgan fingerprint density at radius 3 is 2.54 bits per heavy atom. The van der Waals surface area contributed by atoms with Gasteiger partial charge in [-0.15, -0.1) is 0 Å². The molecule has 1 aromatic heterocycles. The number of nitrogen functional groups attached to an aromatic ring is 1. The Labute approximate surface area is 139 Å². The highest BCUT2D eigenvalue weighted by atomic mass is 16.2. The number of Topliss-reactive ketones (excluding diaryl/α,β-unsaturated/α-hetero) is 1. The number of hydrogen-bond acceptors (Lipinski definition) is 5. The van der Waals surface area contributed by atoms with E-state index in [9.17, 15) is 14.4 Å². The Morgan fingerprint density at radius 1 is 1.25 bits per heavy atom. The first-order chi connectivity index (χ1) is 11.3. The van der Waals surface area contributed by atoms with Crippen LogP contribution in [0.2, 0.25) is 0 Å². The summed E-state index contributed by atoms with van der Waals surface area (Å²) in [6.45, 7) is 3.70. The van der Waals surface area contributed by atoms with E-state index in [1.54, 1.807) is 6.92 Å². The number of carbonyl (C=O) groups is 1. The summed E-state index contributed by atoms with van der Waals surface area (Å²) < 4.78 is 1.98. The predicted molar refractivity (Wildman–Crippen MR) is 94.6 cm³/mol. The molecule has 2 rings (SSSR count). The quantitative estimate of drug-likeness (QED) is 0.794. The number of aromatic nitrogens is 2. The lowest BCUT2D eigenvalue weighted by Gasteiger charge is -2.17. The van der Waals surface area contributed by atoms with Gasteiger partial charge in [-0.2, -0.15) is 0 Å². The molecule has 0 aliphatic carbocycles. The largest absolute Gasteiger partial charge is 0.384 e. The molecule has 0 saturated heterocycles. The second-order valence-electron chi connectivity index (χ2n) is 5.75. The average Bonchev–Trinajstić information content (AvgIpc) is 2.58. The third-order valence-electron chi connectivity index (χ3n) is 4.07. The van der Waals surface area contributed by atoms with Crippen LogP contribution < -0.4 is 22.3 Å². The number of benzene rings is 1. The Hall–Kier alpha value is -2.83. The summed E-state index contributed by atoms with van der Waals surface area (Å²) in [6, 6.07) is 7.04. The summed E-state index contributed by atoms with van der Waals surface area (Å²) >= 11 is 0. The Morgan fingerprint density at radius 2 is 1.92 bits per heavy atom. The Balaban J connectivity index is 2.38. The molecule has 1 unspecified atom stereocenters. The molecule has 7 nitrogen and oxygen atoms in total. The van der Waals surface area contributed by atoms with Crippen molar-refractivity contribution in [3.8, 4) is 0 Å². The van der Waals surface area contributed by atoms with Crippen LogP contribution in [0.15, 0.2) is 33.9 Å². The van der Waals surface area contributed by atoms with E-state index in [1.165, 1.54) is 14.1 Å². The van der Waals surface area contributed by atoms with Crippen LogP contribution in [0.3, 0.4) is 0 Å². The summed E-state index contributed by atoms with van der Waals surface area (Å²) in [5.41, 5.74) is 6.33. The van der Waals surface area contributed by atoms with Crippen LogP contribution >= 0.6 is 0 Å². The molecule has 0 amide bonds. The number of anilines is 2. The molecule has 0 saturated carbocycles. The van der Waals surface area contributed by atoms with Crippen molar-refractivity contribution in [3.05, 3.63) is 56.2 Å². The Bertz CT molecular complexity index is 896. The molecule has 0 fully saturated rings. The van der Waals surface area contributed by atoms with E-state index in [0.29, 0.717) is 0 Å². The highest BCUT2D eigenvalue weighted by Gasteiger charge is 2.24. The highest BCUT2D eigenvalue weighted by Crippen LogP contribution is 2.14. The van der Waals surface area contributed by atoms with Crippen LogP contribution in [0.4, 0.5) is 11.5 Å². The zero-order valence-corrected chi connectivity index (χ0v) is 14.3. The summed E-state index contributed by atoms with van der Waals surface area (Å²) in [5.74, 6) is -0.574. The maximum absolute atomic E-state index is 12.7. The van der Waals surface area contributed by atoms with Crippen LogP contribution in [0.25, 0.3) is 0 Å². The van der Waals surface area contributed by atoms with Gasteiger partial charge in [0.25, 0.3) is 5.56 Å². The van der Waals surface area contributed by atoms with E-state index in [0.717, 1.165) is 26.8 Å². The molecule has 24 heavy (non-hydrogen) atoms. The molecule has 7 heteroatoms. The number of aryl methyl sites for hydroxylation is 1. The van der Waals surface area contributed by atoms with Gasteiger partial charge in [0.2, 0.25) is 0 Å². The second kappa shape index (κ2) is 6.74. The maximum Gasteiger partial charge on any atom is 0.332 e. The van der Waals surface area contributed by atoms with Gasteiger partial charge in [-0.05, 0) is 31.0 Å². The maximum atomic E-state index is 12.7. The number of ketones is 1. The zero-order chi connectivity index (χ0) is 18.0.